The molecular weight excluding hydrogens is 483 g/mol. The Kier molecular flexibility index (Phi) is 7.72. The molecule has 1 amide bonds. The Labute approximate surface area is 222 Å². The first-order chi connectivity index (χ1) is 18.5. The number of carbonyl (C=O) groups is 1. The van der Waals surface area contributed by atoms with Crippen LogP contribution in [0, 0.1) is 5.82 Å². The van der Waals surface area contributed by atoms with E-state index in [2.05, 4.69) is 9.55 Å². The van der Waals surface area contributed by atoms with Crippen molar-refractivity contribution in [3.05, 3.63) is 83.4 Å². The summed E-state index contributed by atoms with van der Waals surface area (Å²) in [6.45, 7) is 2.66. The smallest absolute Gasteiger partial charge is 0.256 e. The summed E-state index contributed by atoms with van der Waals surface area (Å²) in [6.07, 6.45) is 5.05. The molecule has 8 heteroatoms. The topological polar surface area (TPSA) is 82.6 Å². The van der Waals surface area contributed by atoms with Crippen molar-refractivity contribution < 1.29 is 18.7 Å². The van der Waals surface area contributed by atoms with Crippen molar-refractivity contribution in [3.8, 4) is 17.0 Å². The van der Waals surface area contributed by atoms with Crippen LogP contribution in [0.15, 0.2) is 60.9 Å². The van der Waals surface area contributed by atoms with Gasteiger partial charge in [-0.2, -0.15) is 0 Å². The van der Waals surface area contributed by atoms with Gasteiger partial charge < -0.3 is 24.7 Å². The number of amides is 1. The highest BCUT2D eigenvalue weighted by molar-refractivity contribution is 6.12. The maximum absolute atomic E-state index is 14.6. The molecule has 38 heavy (non-hydrogen) atoms. The van der Waals surface area contributed by atoms with Crippen LogP contribution in [0.5, 0.6) is 5.88 Å². The average Bonchev–Trinajstić information content (AvgIpc) is 3.35. The molecule has 7 nitrogen and oxygen atoms in total. The van der Waals surface area contributed by atoms with Crippen molar-refractivity contribution in [1.29, 1.82) is 0 Å². The molecule has 3 heterocycles. The fourth-order valence-corrected chi connectivity index (χ4v) is 5.42. The summed E-state index contributed by atoms with van der Waals surface area (Å²) in [5, 5.41) is 0.894. The molecule has 0 aliphatic carbocycles. The van der Waals surface area contributed by atoms with Crippen molar-refractivity contribution >= 4 is 16.8 Å². The number of aromatic nitrogens is 2. The second-order valence-electron chi connectivity index (χ2n) is 9.64. The third kappa shape index (κ3) is 5.01. The third-order valence-corrected chi connectivity index (χ3v) is 7.45. The number of ether oxygens (including phenoxy) is 2. The Morgan fingerprint density at radius 1 is 1.13 bits per heavy atom. The minimum atomic E-state index is -0.203. The summed E-state index contributed by atoms with van der Waals surface area (Å²) < 4.78 is 27.4. The van der Waals surface area contributed by atoms with E-state index in [0.717, 1.165) is 27.6 Å². The molecular formula is C30H33FN4O3. The van der Waals surface area contributed by atoms with E-state index >= 15 is 0 Å². The fourth-order valence-electron chi connectivity index (χ4n) is 5.42. The number of carbonyl (C=O) groups excluding carboxylic acids is 1. The Hall–Kier alpha value is -3.75. The molecule has 4 aromatic rings. The van der Waals surface area contributed by atoms with Gasteiger partial charge in [0.05, 0.1) is 19.3 Å². The predicted octanol–water partition coefficient (Wildman–Crippen LogP) is 4.98. The van der Waals surface area contributed by atoms with Crippen LogP contribution in [0.25, 0.3) is 22.0 Å². The van der Waals surface area contributed by atoms with Crippen LogP contribution in [0.1, 0.15) is 40.2 Å². The van der Waals surface area contributed by atoms with Crippen molar-refractivity contribution in [2.75, 3.05) is 33.9 Å². The van der Waals surface area contributed by atoms with Gasteiger partial charge in [-0.15, -0.1) is 0 Å². The van der Waals surface area contributed by atoms with Gasteiger partial charge >= 0.3 is 0 Å². The summed E-state index contributed by atoms with van der Waals surface area (Å²) >= 11 is 0. The first kappa shape index (κ1) is 25.9. The molecule has 1 fully saturated rings. The Balaban J connectivity index is 1.48. The number of halogens is 1. The van der Waals surface area contributed by atoms with Gasteiger partial charge in [0.15, 0.2) is 0 Å². The van der Waals surface area contributed by atoms with Gasteiger partial charge in [0.2, 0.25) is 5.88 Å². The number of rotatable bonds is 8. The van der Waals surface area contributed by atoms with Crippen LogP contribution in [-0.2, 0) is 17.8 Å². The standard InChI is InChI=1S/C30H33FN4O3/c1-37-15-14-35-19-25(29-23(4-3-5-27(29)35)22-8-11-33-28(17-22)38-2)30(36)34-12-9-21(10-13-34)24-16-20(18-32)6-7-26(24)31/h3-8,11,16-17,19,21H,9-10,12-15,18,32H2,1-2H3. The molecule has 1 saturated heterocycles. The molecule has 1 aliphatic heterocycles. The molecule has 2 aromatic heterocycles. The van der Waals surface area contributed by atoms with Crippen LogP contribution in [0.3, 0.4) is 0 Å². The highest BCUT2D eigenvalue weighted by Crippen LogP contribution is 2.36. The minimum absolute atomic E-state index is 0.0192. The van der Waals surface area contributed by atoms with Gasteiger partial charge in [0.25, 0.3) is 5.91 Å². The van der Waals surface area contributed by atoms with Gasteiger partial charge in [-0.1, -0.05) is 24.3 Å². The average molecular weight is 517 g/mol. The quantitative estimate of drug-likeness (QED) is 0.357. The zero-order chi connectivity index (χ0) is 26.6. The van der Waals surface area contributed by atoms with Gasteiger partial charge in [0.1, 0.15) is 5.82 Å². The first-order valence-corrected chi connectivity index (χ1v) is 12.9. The normalized spacial score (nSPS) is 14.3. The molecule has 2 N–H and O–H groups in total. The number of hydrogen-bond donors (Lipinski definition) is 1. The Bertz CT molecular complexity index is 1440. The van der Waals surface area contributed by atoms with Crippen LogP contribution in [0.2, 0.25) is 0 Å². The van der Waals surface area contributed by atoms with Gasteiger partial charge in [0, 0.05) is 62.7 Å². The second kappa shape index (κ2) is 11.3. The van der Waals surface area contributed by atoms with E-state index in [1.165, 1.54) is 6.07 Å². The number of piperidine rings is 1. The summed E-state index contributed by atoms with van der Waals surface area (Å²) in [5.41, 5.74) is 10.9. The lowest BCUT2D eigenvalue weighted by molar-refractivity contribution is 0.0714. The fraction of sp³-hybridized carbons (Fsp3) is 0.333. The van der Waals surface area contributed by atoms with Gasteiger partial charge in [-0.05, 0) is 59.2 Å². The lowest BCUT2D eigenvalue weighted by Gasteiger charge is -2.32. The summed E-state index contributed by atoms with van der Waals surface area (Å²) in [5.74, 6) is 0.354. The van der Waals surface area contributed by atoms with Crippen molar-refractivity contribution in [3.63, 3.8) is 0 Å². The van der Waals surface area contributed by atoms with Crippen molar-refractivity contribution in [2.24, 2.45) is 5.73 Å². The van der Waals surface area contributed by atoms with Crippen molar-refractivity contribution in [2.45, 2.75) is 31.8 Å². The van der Waals surface area contributed by atoms with Crippen molar-refractivity contribution in [1.82, 2.24) is 14.5 Å². The highest BCUT2D eigenvalue weighted by atomic mass is 19.1. The number of pyridine rings is 1. The molecule has 0 radical (unpaired) electrons. The molecule has 2 aromatic carbocycles. The lowest BCUT2D eigenvalue weighted by Crippen LogP contribution is -2.38. The number of methoxy groups -OCH3 is 2. The highest BCUT2D eigenvalue weighted by Gasteiger charge is 2.29. The predicted molar refractivity (Wildman–Crippen MR) is 146 cm³/mol. The maximum atomic E-state index is 14.6. The Morgan fingerprint density at radius 3 is 2.68 bits per heavy atom. The van der Waals surface area contributed by atoms with E-state index < -0.39 is 0 Å². The molecule has 0 bridgehead atoms. The van der Waals surface area contributed by atoms with Crippen LogP contribution in [-0.4, -0.2) is 54.3 Å². The summed E-state index contributed by atoms with van der Waals surface area (Å²) in [7, 11) is 3.26. The SMILES string of the molecule is COCCn1cc(C(=O)N2CCC(c3cc(CN)ccc3F)CC2)c2c(-c3ccnc(OC)c3)cccc21. The van der Waals surface area contributed by atoms with E-state index in [-0.39, 0.29) is 17.6 Å². The van der Waals surface area contributed by atoms with E-state index in [9.17, 15) is 9.18 Å². The lowest BCUT2D eigenvalue weighted by atomic mass is 9.88. The molecule has 5 rings (SSSR count). The molecule has 0 unspecified atom stereocenters. The zero-order valence-corrected chi connectivity index (χ0v) is 21.8. The summed E-state index contributed by atoms with van der Waals surface area (Å²) in [4.78, 5) is 20.1. The monoisotopic (exact) mass is 516 g/mol. The molecule has 0 atom stereocenters. The van der Waals surface area contributed by atoms with Crippen LogP contribution >= 0.6 is 0 Å². The van der Waals surface area contributed by atoms with Crippen LogP contribution < -0.4 is 10.5 Å². The zero-order valence-electron chi connectivity index (χ0n) is 21.8. The van der Waals surface area contributed by atoms with Gasteiger partial charge in [-0.3, -0.25) is 4.79 Å². The molecule has 198 valence electrons. The minimum Gasteiger partial charge on any atom is -0.481 e. The number of likely N-dealkylation sites (tertiary alicyclic amines) is 1. The number of nitrogens with two attached hydrogens (primary N) is 1. The number of nitrogens with zero attached hydrogens (tertiary/aromatic N) is 3. The van der Waals surface area contributed by atoms with E-state index in [0.29, 0.717) is 62.6 Å². The largest absolute Gasteiger partial charge is 0.481 e. The van der Waals surface area contributed by atoms with E-state index in [1.54, 1.807) is 26.5 Å². The van der Waals surface area contributed by atoms with Gasteiger partial charge in [-0.25, -0.2) is 9.37 Å². The molecule has 1 aliphatic rings. The number of hydrogen-bond acceptors (Lipinski definition) is 5. The van der Waals surface area contributed by atoms with Crippen LogP contribution in [0.4, 0.5) is 4.39 Å². The third-order valence-electron chi connectivity index (χ3n) is 7.45. The summed E-state index contributed by atoms with van der Waals surface area (Å²) in [6, 6.07) is 15.0. The first-order valence-electron chi connectivity index (χ1n) is 12.9. The van der Waals surface area contributed by atoms with E-state index in [4.69, 9.17) is 15.2 Å². The molecule has 0 saturated carbocycles. The molecule has 0 spiro atoms. The number of fused-ring (bicyclic) bond motifs is 1. The number of benzene rings is 2. The van der Waals surface area contributed by atoms with E-state index in [1.807, 2.05) is 47.5 Å². The second-order valence-corrected chi connectivity index (χ2v) is 9.64. The Morgan fingerprint density at radius 2 is 1.95 bits per heavy atom. The maximum Gasteiger partial charge on any atom is 0.256 e.